The number of fused-ring (bicyclic) bond motifs is 5. The zero-order valence-corrected chi connectivity index (χ0v) is 16.5. The van der Waals surface area contributed by atoms with Crippen LogP contribution >= 0.6 is 0 Å². The molecule has 4 heterocycles. The van der Waals surface area contributed by atoms with Gasteiger partial charge in [-0.15, -0.1) is 0 Å². The van der Waals surface area contributed by atoms with Crippen LogP contribution in [0.3, 0.4) is 0 Å². The molecule has 3 fully saturated rings. The Morgan fingerprint density at radius 3 is 2.69 bits per heavy atom. The Hall–Kier alpha value is -3.17. The summed E-state index contributed by atoms with van der Waals surface area (Å²) < 4.78 is 1.59. The van der Waals surface area contributed by atoms with Crippen LogP contribution < -0.4 is 10.5 Å². The number of hydrogen-bond acceptors (Lipinski definition) is 5. The Labute approximate surface area is 169 Å². The second kappa shape index (κ2) is 7.02. The van der Waals surface area contributed by atoms with E-state index in [-0.39, 0.29) is 5.56 Å². The van der Waals surface area contributed by atoms with Gasteiger partial charge in [0.05, 0.1) is 22.5 Å². The van der Waals surface area contributed by atoms with Crippen LogP contribution in [0.25, 0.3) is 22.3 Å². The van der Waals surface area contributed by atoms with Crippen molar-refractivity contribution < 1.29 is 0 Å². The van der Waals surface area contributed by atoms with Crippen LogP contribution in [0, 0.1) is 11.3 Å². The Balaban J connectivity index is 1.60. The van der Waals surface area contributed by atoms with E-state index in [1.165, 1.54) is 25.9 Å². The molecule has 3 aromatic rings. The molecular weight excluding hydrogens is 362 g/mol. The number of anilines is 1. The lowest BCUT2D eigenvalue weighted by molar-refractivity contribution is 0.250. The molecule has 6 rings (SSSR count). The summed E-state index contributed by atoms with van der Waals surface area (Å²) >= 11 is 0. The average molecular weight is 385 g/mol. The minimum atomic E-state index is -0.0583. The van der Waals surface area contributed by atoms with E-state index in [0.717, 1.165) is 24.3 Å². The number of nitrogens with zero attached hydrogens (tertiary/aromatic N) is 5. The molecule has 2 bridgehead atoms. The monoisotopic (exact) mass is 385 g/mol. The minimum Gasteiger partial charge on any atom is -0.367 e. The van der Waals surface area contributed by atoms with Crippen LogP contribution in [-0.2, 0) is 7.05 Å². The molecule has 0 unspecified atom stereocenters. The second-order valence-corrected chi connectivity index (χ2v) is 7.96. The standard InChI is InChI=1S/C23H23N5O/c1-26-22(17-4-2-3-16(13-17)15-24)25-21-6-5-19(14-20(21)23(26)29)28-12-11-27-9-7-18(28)8-10-27/h2-6,13-14,18H,7-12H2,1H3. The smallest absolute Gasteiger partial charge is 0.261 e. The topological polar surface area (TPSA) is 65.2 Å². The third-order valence-corrected chi connectivity index (χ3v) is 6.30. The number of nitriles is 1. The lowest BCUT2D eigenvalue weighted by atomic mass is 10.0. The fourth-order valence-electron chi connectivity index (χ4n) is 4.65. The van der Waals surface area contributed by atoms with Gasteiger partial charge in [-0.1, -0.05) is 12.1 Å². The maximum atomic E-state index is 13.2. The van der Waals surface area contributed by atoms with Gasteiger partial charge in [0, 0.05) is 50.5 Å². The molecular formula is C23H23N5O. The number of aromatic nitrogens is 2. The molecule has 0 amide bonds. The highest BCUT2D eigenvalue weighted by atomic mass is 16.1. The highest BCUT2D eigenvalue weighted by Crippen LogP contribution is 2.29. The molecule has 0 aliphatic carbocycles. The lowest BCUT2D eigenvalue weighted by Gasteiger charge is -2.33. The van der Waals surface area contributed by atoms with Gasteiger partial charge in [0.25, 0.3) is 5.56 Å². The molecule has 0 saturated carbocycles. The summed E-state index contributed by atoms with van der Waals surface area (Å²) in [5.74, 6) is 0.577. The summed E-state index contributed by atoms with van der Waals surface area (Å²) in [6.45, 7) is 4.42. The molecule has 3 saturated heterocycles. The molecule has 0 spiro atoms. The van der Waals surface area contributed by atoms with Gasteiger partial charge in [-0.2, -0.15) is 5.26 Å². The molecule has 29 heavy (non-hydrogen) atoms. The first-order chi connectivity index (χ1) is 14.1. The predicted octanol–water partition coefficient (Wildman–Crippen LogP) is 2.76. The summed E-state index contributed by atoms with van der Waals surface area (Å²) in [6.07, 6.45) is 2.37. The third-order valence-electron chi connectivity index (χ3n) is 6.30. The normalized spacial score (nSPS) is 21.2. The molecule has 6 heteroatoms. The van der Waals surface area contributed by atoms with Crippen molar-refractivity contribution in [2.45, 2.75) is 18.9 Å². The minimum absolute atomic E-state index is 0.0583. The SMILES string of the molecule is Cn1c(-c2cccc(C#N)c2)nc2ccc(N3CCN4CCC3CC4)cc2c1=O. The zero-order chi connectivity index (χ0) is 20.0. The van der Waals surface area contributed by atoms with Crippen molar-refractivity contribution in [1.29, 1.82) is 5.26 Å². The van der Waals surface area contributed by atoms with Crippen LogP contribution in [0.1, 0.15) is 18.4 Å². The van der Waals surface area contributed by atoms with E-state index in [1.54, 1.807) is 23.7 Å². The Bertz CT molecular complexity index is 1180. The quantitative estimate of drug-likeness (QED) is 0.679. The van der Waals surface area contributed by atoms with Crippen molar-refractivity contribution in [1.82, 2.24) is 14.5 Å². The molecule has 2 aromatic carbocycles. The maximum Gasteiger partial charge on any atom is 0.261 e. The lowest BCUT2D eigenvalue weighted by Crippen LogP contribution is -2.38. The van der Waals surface area contributed by atoms with Gasteiger partial charge < -0.3 is 9.80 Å². The first kappa shape index (κ1) is 17.9. The van der Waals surface area contributed by atoms with Gasteiger partial charge in [0.1, 0.15) is 5.82 Å². The fourth-order valence-corrected chi connectivity index (χ4v) is 4.65. The van der Waals surface area contributed by atoms with Crippen molar-refractivity contribution in [3.8, 4) is 17.5 Å². The van der Waals surface area contributed by atoms with Gasteiger partial charge in [-0.3, -0.25) is 9.36 Å². The van der Waals surface area contributed by atoms with Crippen molar-refractivity contribution in [2.24, 2.45) is 7.05 Å². The number of hydrogen-bond donors (Lipinski definition) is 0. The second-order valence-electron chi connectivity index (χ2n) is 7.96. The van der Waals surface area contributed by atoms with E-state index >= 15 is 0 Å². The van der Waals surface area contributed by atoms with Gasteiger partial charge in [0.15, 0.2) is 0 Å². The maximum absolute atomic E-state index is 13.2. The van der Waals surface area contributed by atoms with Crippen molar-refractivity contribution in [3.05, 3.63) is 58.4 Å². The predicted molar refractivity (Wildman–Crippen MR) is 114 cm³/mol. The Morgan fingerprint density at radius 2 is 1.90 bits per heavy atom. The van der Waals surface area contributed by atoms with Crippen LogP contribution in [0.4, 0.5) is 5.69 Å². The van der Waals surface area contributed by atoms with Crippen molar-refractivity contribution >= 4 is 16.6 Å². The molecule has 146 valence electrons. The van der Waals surface area contributed by atoms with Gasteiger partial charge in [-0.25, -0.2) is 4.98 Å². The van der Waals surface area contributed by atoms with E-state index in [9.17, 15) is 10.1 Å². The van der Waals surface area contributed by atoms with Crippen LogP contribution in [0.2, 0.25) is 0 Å². The Morgan fingerprint density at radius 1 is 1.07 bits per heavy atom. The first-order valence-corrected chi connectivity index (χ1v) is 10.1. The molecule has 0 atom stereocenters. The largest absolute Gasteiger partial charge is 0.367 e. The van der Waals surface area contributed by atoms with Crippen LogP contribution in [0.15, 0.2) is 47.3 Å². The molecule has 0 N–H and O–H groups in total. The highest BCUT2D eigenvalue weighted by molar-refractivity contribution is 5.83. The average Bonchev–Trinajstić information content (AvgIpc) is 3.10. The molecule has 3 aliphatic rings. The van der Waals surface area contributed by atoms with Crippen LogP contribution in [-0.4, -0.2) is 46.7 Å². The van der Waals surface area contributed by atoms with Crippen molar-refractivity contribution in [3.63, 3.8) is 0 Å². The first-order valence-electron chi connectivity index (χ1n) is 10.1. The summed E-state index contributed by atoms with van der Waals surface area (Å²) in [4.78, 5) is 22.9. The summed E-state index contributed by atoms with van der Waals surface area (Å²) in [6, 6.07) is 16.0. The summed E-state index contributed by atoms with van der Waals surface area (Å²) in [7, 11) is 1.75. The molecule has 3 aliphatic heterocycles. The van der Waals surface area contributed by atoms with Crippen LogP contribution in [0.5, 0.6) is 0 Å². The zero-order valence-electron chi connectivity index (χ0n) is 16.5. The summed E-state index contributed by atoms with van der Waals surface area (Å²) in [5, 5.41) is 9.82. The molecule has 0 radical (unpaired) electrons. The number of benzene rings is 2. The van der Waals surface area contributed by atoms with Gasteiger partial charge in [0.2, 0.25) is 0 Å². The van der Waals surface area contributed by atoms with Crippen molar-refractivity contribution in [2.75, 3.05) is 31.1 Å². The van der Waals surface area contributed by atoms with Gasteiger partial charge in [-0.05, 0) is 43.2 Å². The summed E-state index contributed by atoms with van der Waals surface area (Å²) in [5.41, 5.74) is 3.07. The number of rotatable bonds is 2. The highest BCUT2D eigenvalue weighted by Gasteiger charge is 2.29. The van der Waals surface area contributed by atoms with E-state index < -0.39 is 0 Å². The van der Waals surface area contributed by atoms with E-state index in [2.05, 4.69) is 21.9 Å². The van der Waals surface area contributed by atoms with E-state index in [4.69, 9.17) is 4.98 Å². The van der Waals surface area contributed by atoms with E-state index in [0.29, 0.717) is 28.3 Å². The van der Waals surface area contributed by atoms with E-state index in [1.807, 2.05) is 24.3 Å². The fraction of sp³-hybridized carbons (Fsp3) is 0.348. The Kier molecular flexibility index (Phi) is 4.33. The number of piperidine rings is 1. The molecule has 6 nitrogen and oxygen atoms in total. The van der Waals surface area contributed by atoms with Gasteiger partial charge >= 0.3 is 0 Å². The third kappa shape index (κ3) is 3.08. The molecule has 1 aromatic heterocycles.